The first kappa shape index (κ1) is 27.5. The van der Waals surface area contributed by atoms with Gasteiger partial charge in [-0.25, -0.2) is 18.4 Å². The Morgan fingerprint density at radius 1 is 1.15 bits per heavy atom. The van der Waals surface area contributed by atoms with Gasteiger partial charge in [0.25, 0.3) is 5.91 Å². The van der Waals surface area contributed by atoms with E-state index in [1.165, 1.54) is 29.2 Å². The van der Waals surface area contributed by atoms with E-state index in [4.69, 9.17) is 4.74 Å². The number of hydrogen-bond acceptors (Lipinski definition) is 8. The quantitative estimate of drug-likeness (QED) is 0.534. The molecule has 2 fully saturated rings. The normalized spacial score (nSPS) is 17.9. The molecule has 0 bridgehead atoms. The lowest BCUT2D eigenvalue weighted by Crippen LogP contribution is -2.54. The number of anilines is 2. The summed E-state index contributed by atoms with van der Waals surface area (Å²) in [7, 11) is 1.19. The van der Waals surface area contributed by atoms with Gasteiger partial charge in [-0.2, -0.15) is 0 Å². The van der Waals surface area contributed by atoms with E-state index in [1.54, 1.807) is 19.1 Å². The second kappa shape index (κ2) is 11.9. The van der Waals surface area contributed by atoms with Gasteiger partial charge >= 0.3 is 12.2 Å². The van der Waals surface area contributed by atoms with E-state index < -0.39 is 41.9 Å². The maximum atomic E-state index is 15.1. The zero-order chi connectivity index (χ0) is 28.1. The summed E-state index contributed by atoms with van der Waals surface area (Å²) >= 11 is 0. The Bertz CT molecular complexity index is 1220. The van der Waals surface area contributed by atoms with Crippen molar-refractivity contribution in [2.75, 3.05) is 56.2 Å². The predicted octanol–water partition coefficient (Wildman–Crippen LogP) is 1.51. The van der Waals surface area contributed by atoms with Crippen molar-refractivity contribution in [1.29, 1.82) is 0 Å². The summed E-state index contributed by atoms with van der Waals surface area (Å²) in [6.07, 6.45) is -0.737. The van der Waals surface area contributed by atoms with Crippen molar-refractivity contribution < 1.29 is 37.4 Å². The molecule has 0 aliphatic carbocycles. The molecule has 4 amide bonds. The minimum Gasteiger partial charge on any atom is -0.453 e. The van der Waals surface area contributed by atoms with Crippen molar-refractivity contribution in [3.8, 4) is 0 Å². The minimum absolute atomic E-state index is 0.0170. The number of cyclic esters (lactones) is 1. The first-order valence-corrected chi connectivity index (χ1v) is 12.2. The van der Waals surface area contributed by atoms with Crippen LogP contribution in [0.1, 0.15) is 17.4 Å². The van der Waals surface area contributed by atoms with Crippen LogP contribution in [0, 0.1) is 11.6 Å². The number of carbonyl (C=O) groups is 4. The molecule has 2 saturated heterocycles. The van der Waals surface area contributed by atoms with Crippen LogP contribution in [0.3, 0.4) is 0 Å². The highest BCUT2D eigenvalue weighted by Crippen LogP contribution is 2.31. The first-order valence-electron chi connectivity index (χ1n) is 12.2. The highest BCUT2D eigenvalue weighted by molar-refractivity contribution is 5.96. The Balaban J connectivity index is 1.34. The average molecular weight is 547 g/mol. The molecule has 3 heterocycles. The minimum atomic E-state index is -0.871. The Morgan fingerprint density at radius 3 is 2.46 bits per heavy atom. The number of methoxy groups -OCH3 is 1. The summed E-state index contributed by atoms with van der Waals surface area (Å²) in [5.41, 5.74) is -0.101. The number of rotatable bonds is 7. The molecule has 208 valence electrons. The summed E-state index contributed by atoms with van der Waals surface area (Å²) < 4.78 is 39.8. The molecule has 2 N–H and O–H groups in total. The number of piperazine rings is 1. The van der Waals surface area contributed by atoms with E-state index in [2.05, 4.69) is 20.4 Å². The van der Waals surface area contributed by atoms with E-state index in [-0.39, 0.29) is 62.2 Å². The van der Waals surface area contributed by atoms with E-state index in [1.807, 2.05) is 0 Å². The first-order chi connectivity index (χ1) is 18.7. The van der Waals surface area contributed by atoms with Gasteiger partial charge in [0.2, 0.25) is 5.91 Å². The fourth-order valence-electron chi connectivity index (χ4n) is 4.37. The molecule has 14 heteroatoms. The van der Waals surface area contributed by atoms with Crippen LogP contribution in [0.5, 0.6) is 0 Å². The van der Waals surface area contributed by atoms with Crippen LogP contribution in [-0.4, -0.2) is 92.4 Å². The molecule has 0 saturated carbocycles. The number of alkyl carbamates (subject to hydrolysis) is 1. The summed E-state index contributed by atoms with van der Waals surface area (Å²) in [5.74, 6) is -2.54. The lowest BCUT2D eigenvalue weighted by atomic mass is 10.1. The predicted molar refractivity (Wildman–Crippen MR) is 134 cm³/mol. The number of pyridine rings is 1. The van der Waals surface area contributed by atoms with Crippen LogP contribution in [0.15, 0.2) is 36.5 Å². The van der Waals surface area contributed by atoms with Crippen LogP contribution in [0.2, 0.25) is 0 Å². The van der Waals surface area contributed by atoms with E-state index in [9.17, 15) is 19.2 Å². The van der Waals surface area contributed by atoms with E-state index in [0.717, 1.165) is 17.0 Å². The third-order valence-corrected chi connectivity index (χ3v) is 6.37. The van der Waals surface area contributed by atoms with Crippen molar-refractivity contribution in [1.82, 2.24) is 20.5 Å². The average Bonchev–Trinajstić information content (AvgIpc) is 3.32. The molecule has 0 spiro atoms. The van der Waals surface area contributed by atoms with E-state index >= 15 is 8.78 Å². The fraction of sp³-hybridized carbons (Fsp3) is 0.400. The number of amides is 4. The number of aromatic nitrogens is 1. The molecule has 4 rings (SSSR count). The third kappa shape index (κ3) is 6.33. The van der Waals surface area contributed by atoms with Gasteiger partial charge in [0, 0.05) is 44.5 Å². The molecule has 0 radical (unpaired) electrons. The molecule has 2 atom stereocenters. The molecular weight excluding hydrogens is 518 g/mol. The smallest absolute Gasteiger partial charge is 0.414 e. The van der Waals surface area contributed by atoms with Gasteiger partial charge in [0.1, 0.15) is 23.5 Å². The Labute approximate surface area is 222 Å². The number of halogens is 2. The van der Waals surface area contributed by atoms with Crippen LogP contribution >= 0.6 is 0 Å². The highest BCUT2D eigenvalue weighted by Gasteiger charge is 2.34. The van der Waals surface area contributed by atoms with Gasteiger partial charge in [-0.05, 0) is 19.1 Å². The second-order valence-corrected chi connectivity index (χ2v) is 8.97. The number of hydrogen-bond donors (Lipinski definition) is 2. The molecule has 1 aromatic carbocycles. The van der Waals surface area contributed by atoms with Crippen LogP contribution in [-0.2, 0) is 14.3 Å². The molecule has 12 nitrogen and oxygen atoms in total. The zero-order valence-electron chi connectivity index (χ0n) is 21.4. The number of benzene rings is 1. The van der Waals surface area contributed by atoms with Gasteiger partial charge in [-0.1, -0.05) is 6.07 Å². The topological polar surface area (TPSA) is 133 Å². The number of carbonyl (C=O) groups excluding carboxylic acids is 4. The van der Waals surface area contributed by atoms with Gasteiger partial charge in [0.05, 0.1) is 25.9 Å². The van der Waals surface area contributed by atoms with Gasteiger partial charge in [-0.3, -0.25) is 19.5 Å². The Hall–Kier alpha value is -4.49. The summed E-state index contributed by atoms with van der Waals surface area (Å²) in [4.78, 5) is 56.7. The molecule has 2 aliphatic heterocycles. The SMILES string of the molecule is COC(=O)NCC1CN(c2cc(F)c(N3CCN(C(=O)C(C)NC(=O)c4ccccn4)CC3)c(F)c2)C(=O)O1. The van der Waals surface area contributed by atoms with Crippen molar-refractivity contribution in [2.45, 2.75) is 19.1 Å². The molecule has 39 heavy (non-hydrogen) atoms. The highest BCUT2D eigenvalue weighted by atomic mass is 19.1. The number of nitrogens with zero attached hydrogens (tertiary/aromatic N) is 4. The van der Waals surface area contributed by atoms with Crippen LogP contribution < -0.4 is 20.4 Å². The summed E-state index contributed by atoms with van der Waals surface area (Å²) in [6.45, 7) is 2.23. The standard InChI is InChI=1S/C25H28F2N6O6/c1-15(30-22(34)20-5-3-4-6-28-20)23(35)32-9-7-31(8-10-32)21-18(26)11-16(12-19(21)27)33-14-17(39-25(33)37)13-29-24(36)38-2/h3-6,11-12,15,17H,7-10,13-14H2,1-2H3,(H,29,36)(H,30,34). The Kier molecular flexibility index (Phi) is 8.42. The lowest BCUT2D eigenvalue weighted by Gasteiger charge is -2.37. The maximum Gasteiger partial charge on any atom is 0.414 e. The molecule has 2 unspecified atom stereocenters. The summed E-state index contributed by atoms with van der Waals surface area (Å²) in [5, 5.41) is 5.02. The lowest BCUT2D eigenvalue weighted by molar-refractivity contribution is -0.133. The molecule has 2 aromatic rings. The maximum absolute atomic E-state index is 15.1. The van der Waals surface area contributed by atoms with Crippen molar-refractivity contribution in [3.05, 3.63) is 53.9 Å². The van der Waals surface area contributed by atoms with Gasteiger partial charge < -0.3 is 29.9 Å². The Morgan fingerprint density at radius 2 is 1.85 bits per heavy atom. The van der Waals surface area contributed by atoms with Crippen molar-refractivity contribution >= 4 is 35.4 Å². The van der Waals surface area contributed by atoms with Crippen LogP contribution in [0.4, 0.5) is 29.7 Å². The number of nitrogens with one attached hydrogen (secondary N) is 2. The molecule has 1 aromatic heterocycles. The summed E-state index contributed by atoms with van der Waals surface area (Å²) in [6, 6.07) is 6.15. The second-order valence-electron chi connectivity index (χ2n) is 8.97. The van der Waals surface area contributed by atoms with Crippen LogP contribution in [0.25, 0.3) is 0 Å². The van der Waals surface area contributed by atoms with E-state index in [0.29, 0.717) is 0 Å². The van der Waals surface area contributed by atoms with Gasteiger partial charge in [0.15, 0.2) is 11.6 Å². The largest absolute Gasteiger partial charge is 0.453 e. The molecule has 2 aliphatic rings. The third-order valence-electron chi connectivity index (χ3n) is 6.37. The van der Waals surface area contributed by atoms with Crippen molar-refractivity contribution in [2.24, 2.45) is 0 Å². The van der Waals surface area contributed by atoms with Gasteiger partial charge in [-0.15, -0.1) is 0 Å². The van der Waals surface area contributed by atoms with Crippen molar-refractivity contribution in [3.63, 3.8) is 0 Å². The molecular formula is C25H28F2N6O6. The zero-order valence-corrected chi connectivity index (χ0v) is 21.4. The fourth-order valence-corrected chi connectivity index (χ4v) is 4.37. The number of ether oxygens (including phenoxy) is 2. The monoisotopic (exact) mass is 546 g/mol.